The molecule has 122 valence electrons. The fourth-order valence-electron chi connectivity index (χ4n) is 3.17. The highest BCUT2D eigenvalue weighted by Gasteiger charge is 2.33. The highest BCUT2D eigenvalue weighted by Crippen LogP contribution is 2.33. The molecule has 2 aliphatic rings. The molecular weight excluding hydrogens is 286 g/mol. The van der Waals surface area contributed by atoms with Gasteiger partial charge in [0, 0.05) is 57.7 Å². The third-order valence-electron chi connectivity index (χ3n) is 4.61. The van der Waals surface area contributed by atoms with E-state index >= 15 is 0 Å². The summed E-state index contributed by atoms with van der Waals surface area (Å²) in [5.74, 6) is 1.67. The molecule has 21 heavy (non-hydrogen) atoms. The monoisotopic (exact) mass is 315 g/mol. The van der Waals surface area contributed by atoms with Crippen molar-refractivity contribution in [3.05, 3.63) is 0 Å². The van der Waals surface area contributed by atoms with E-state index in [-0.39, 0.29) is 0 Å². The van der Waals surface area contributed by atoms with Gasteiger partial charge in [0.2, 0.25) is 0 Å². The average Bonchev–Trinajstić information content (AvgIpc) is 2.98. The fraction of sp³-hybridized carbons (Fsp3) is 0.933. The number of likely N-dealkylation sites (tertiary alicyclic amines) is 1. The van der Waals surface area contributed by atoms with Crippen molar-refractivity contribution < 1.29 is 9.47 Å². The Morgan fingerprint density at radius 3 is 2.86 bits per heavy atom. The summed E-state index contributed by atoms with van der Waals surface area (Å²) in [6, 6.07) is 0. The van der Waals surface area contributed by atoms with E-state index in [0.29, 0.717) is 10.7 Å². The van der Waals surface area contributed by atoms with E-state index in [1.165, 1.54) is 6.42 Å². The van der Waals surface area contributed by atoms with Crippen LogP contribution in [0.3, 0.4) is 0 Å². The van der Waals surface area contributed by atoms with Crippen LogP contribution >= 0.6 is 11.8 Å². The Labute approximate surface area is 132 Å². The first-order chi connectivity index (χ1) is 10.2. The quantitative estimate of drug-likeness (QED) is 0.614. The molecule has 1 N–H and O–H groups in total. The second kappa shape index (κ2) is 8.25. The van der Waals surface area contributed by atoms with Gasteiger partial charge in [-0.1, -0.05) is 0 Å². The summed E-state index contributed by atoms with van der Waals surface area (Å²) in [6.07, 6.45) is 5.63. The van der Waals surface area contributed by atoms with Crippen LogP contribution in [0.5, 0.6) is 0 Å². The summed E-state index contributed by atoms with van der Waals surface area (Å²) in [7, 11) is 3.66. The standard InChI is InChI=1S/C15H29N3O2S/c1-16-14(18-7-4-13(10-18)11-19-2)17-12-15(21-3)5-8-20-9-6-15/h13H,4-12H2,1-3H3,(H,16,17). The van der Waals surface area contributed by atoms with Crippen LogP contribution in [-0.4, -0.2) is 75.5 Å². The van der Waals surface area contributed by atoms with Crippen LogP contribution in [0.25, 0.3) is 0 Å². The van der Waals surface area contributed by atoms with Crippen molar-refractivity contribution in [2.75, 3.05) is 59.9 Å². The minimum atomic E-state index is 0.292. The maximum Gasteiger partial charge on any atom is 0.193 e. The molecule has 0 aliphatic carbocycles. The highest BCUT2D eigenvalue weighted by atomic mass is 32.2. The van der Waals surface area contributed by atoms with Crippen molar-refractivity contribution >= 4 is 17.7 Å². The Morgan fingerprint density at radius 1 is 1.48 bits per heavy atom. The van der Waals surface area contributed by atoms with Crippen molar-refractivity contribution in [3.63, 3.8) is 0 Å². The van der Waals surface area contributed by atoms with Gasteiger partial charge >= 0.3 is 0 Å². The number of ether oxygens (including phenoxy) is 2. The topological polar surface area (TPSA) is 46.1 Å². The number of hydrogen-bond acceptors (Lipinski definition) is 4. The van der Waals surface area contributed by atoms with Crippen LogP contribution in [-0.2, 0) is 9.47 Å². The maximum atomic E-state index is 5.50. The smallest absolute Gasteiger partial charge is 0.193 e. The Balaban J connectivity index is 1.85. The molecule has 6 heteroatoms. The van der Waals surface area contributed by atoms with Gasteiger partial charge in [-0.2, -0.15) is 11.8 Å². The van der Waals surface area contributed by atoms with Crippen LogP contribution in [0, 0.1) is 5.92 Å². The van der Waals surface area contributed by atoms with Crippen molar-refractivity contribution in [3.8, 4) is 0 Å². The summed E-state index contributed by atoms with van der Waals surface area (Å²) >= 11 is 1.96. The molecular formula is C15H29N3O2S. The summed E-state index contributed by atoms with van der Waals surface area (Å²) in [6.45, 7) is 5.68. The molecule has 0 aromatic heterocycles. The molecule has 1 atom stereocenters. The zero-order valence-electron chi connectivity index (χ0n) is 13.6. The van der Waals surface area contributed by atoms with Gasteiger partial charge < -0.3 is 19.7 Å². The van der Waals surface area contributed by atoms with E-state index in [2.05, 4.69) is 21.5 Å². The van der Waals surface area contributed by atoms with Gasteiger partial charge in [0.1, 0.15) is 0 Å². The lowest BCUT2D eigenvalue weighted by Crippen LogP contribution is -2.48. The van der Waals surface area contributed by atoms with Crippen molar-refractivity contribution in [2.45, 2.75) is 24.0 Å². The number of thioether (sulfide) groups is 1. The number of aliphatic imine (C=N–C) groups is 1. The van der Waals surface area contributed by atoms with Crippen LogP contribution < -0.4 is 5.32 Å². The van der Waals surface area contributed by atoms with Crippen molar-refractivity contribution in [2.24, 2.45) is 10.9 Å². The van der Waals surface area contributed by atoms with Crippen LogP contribution in [0.15, 0.2) is 4.99 Å². The molecule has 0 aromatic rings. The molecule has 0 bridgehead atoms. The first kappa shape index (κ1) is 16.9. The van der Waals surface area contributed by atoms with E-state index in [0.717, 1.165) is 58.3 Å². The SMILES string of the molecule is CN=C(NCC1(SC)CCOCC1)N1CCC(COC)C1. The summed E-state index contributed by atoms with van der Waals surface area (Å²) < 4.78 is 11.1. The number of methoxy groups -OCH3 is 1. The van der Waals surface area contributed by atoms with Gasteiger partial charge in [-0.25, -0.2) is 0 Å². The molecule has 2 rings (SSSR count). The van der Waals surface area contributed by atoms with Gasteiger partial charge in [0.05, 0.1) is 6.61 Å². The second-order valence-electron chi connectivity index (χ2n) is 5.96. The van der Waals surface area contributed by atoms with Crippen LogP contribution in [0.2, 0.25) is 0 Å². The van der Waals surface area contributed by atoms with E-state index in [1.807, 2.05) is 18.8 Å². The molecule has 5 nitrogen and oxygen atoms in total. The number of nitrogens with zero attached hydrogens (tertiary/aromatic N) is 2. The Hall–Kier alpha value is -0.460. The second-order valence-corrected chi connectivity index (χ2v) is 7.23. The van der Waals surface area contributed by atoms with Crippen LogP contribution in [0.1, 0.15) is 19.3 Å². The third-order valence-corrected chi connectivity index (χ3v) is 6.02. The predicted molar refractivity (Wildman–Crippen MR) is 89.2 cm³/mol. The molecule has 2 fully saturated rings. The summed E-state index contributed by atoms with van der Waals surface area (Å²) in [5, 5.41) is 3.59. The minimum Gasteiger partial charge on any atom is -0.384 e. The van der Waals surface area contributed by atoms with Gasteiger partial charge in [0.25, 0.3) is 0 Å². The van der Waals surface area contributed by atoms with Gasteiger partial charge in [-0.05, 0) is 25.5 Å². The van der Waals surface area contributed by atoms with Gasteiger partial charge in [0.15, 0.2) is 5.96 Å². The van der Waals surface area contributed by atoms with Gasteiger partial charge in [-0.15, -0.1) is 0 Å². The molecule has 2 saturated heterocycles. The largest absolute Gasteiger partial charge is 0.384 e. The first-order valence-electron chi connectivity index (χ1n) is 7.80. The molecule has 2 aliphatic heterocycles. The fourth-order valence-corrected chi connectivity index (χ4v) is 3.96. The number of nitrogens with one attached hydrogen (secondary N) is 1. The van der Waals surface area contributed by atoms with Crippen molar-refractivity contribution in [1.29, 1.82) is 0 Å². The lowest BCUT2D eigenvalue weighted by Gasteiger charge is -2.37. The number of guanidine groups is 1. The molecule has 1 unspecified atom stereocenters. The molecule has 0 saturated carbocycles. The zero-order chi connectivity index (χ0) is 15.1. The summed E-state index contributed by atoms with van der Waals surface area (Å²) in [4.78, 5) is 6.82. The predicted octanol–water partition coefficient (Wildman–Crippen LogP) is 1.44. The number of rotatable bonds is 5. The maximum absolute atomic E-state index is 5.50. The molecule has 2 heterocycles. The number of hydrogen-bond donors (Lipinski definition) is 1. The average molecular weight is 315 g/mol. The minimum absolute atomic E-state index is 0.292. The third kappa shape index (κ3) is 4.50. The molecule has 0 spiro atoms. The molecule has 0 aromatic carbocycles. The summed E-state index contributed by atoms with van der Waals surface area (Å²) in [5.41, 5.74) is 0. The van der Waals surface area contributed by atoms with E-state index < -0.39 is 0 Å². The Bertz CT molecular complexity index is 346. The Morgan fingerprint density at radius 2 is 2.24 bits per heavy atom. The molecule has 0 amide bonds. The van der Waals surface area contributed by atoms with Gasteiger partial charge in [-0.3, -0.25) is 4.99 Å². The first-order valence-corrected chi connectivity index (χ1v) is 9.03. The molecule has 0 radical (unpaired) electrons. The lowest BCUT2D eigenvalue weighted by molar-refractivity contribution is 0.0781. The lowest BCUT2D eigenvalue weighted by atomic mass is 9.99. The van der Waals surface area contributed by atoms with Crippen molar-refractivity contribution in [1.82, 2.24) is 10.2 Å². The van der Waals surface area contributed by atoms with E-state index in [1.54, 1.807) is 7.11 Å². The highest BCUT2D eigenvalue weighted by molar-refractivity contribution is 8.00. The zero-order valence-corrected chi connectivity index (χ0v) is 14.4. The van der Waals surface area contributed by atoms with Crippen LogP contribution in [0.4, 0.5) is 0 Å². The normalized spacial score (nSPS) is 26.1. The van der Waals surface area contributed by atoms with E-state index in [9.17, 15) is 0 Å². The van der Waals surface area contributed by atoms with E-state index in [4.69, 9.17) is 9.47 Å². The Kier molecular flexibility index (Phi) is 6.64.